The molecule has 1 fully saturated rings. The van der Waals surface area contributed by atoms with Gasteiger partial charge in [0.05, 0.1) is 6.04 Å². The fourth-order valence-corrected chi connectivity index (χ4v) is 3.33. The van der Waals surface area contributed by atoms with Gasteiger partial charge in [0.25, 0.3) is 0 Å². The number of nitrogens with zero attached hydrogens (tertiary/aromatic N) is 3. The molecule has 0 bridgehead atoms. The lowest BCUT2D eigenvalue weighted by Gasteiger charge is -2.30. The highest BCUT2D eigenvalue weighted by Crippen LogP contribution is 2.21. The van der Waals surface area contributed by atoms with Gasteiger partial charge < -0.3 is 9.84 Å². The third-order valence-corrected chi connectivity index (χ3v) is 4.91. The third kappa shape index (κ3) is 3.88. The molecule has 0 spiro atoms. The highest BCUT2D eigenvalue weighted by molar-refractivity contribution is 7.99. The van der Waals surface area contributed by atoms with E-state index < -0.39 is 0 Å². The van der Waals surface area contributed by atoms with Crippen LogP contribution in [-0.4, -0.2) is 47.5 Å². The zero-order chi connectivity index (χ0) is 15.4. The topological polar surface area (TPSA) is 54.2 Å². The van der Waals surface area contributed by atoms with Gasteiger partial charge in [0.1, 0.15) is 0 Å². The SMILES string of the molecule is Cc1ccc(SCCc2nc(C3CNCCN3C)no2)cc1. The first-order valence-corrected chi connectivity index (χ1v) is 8.64. The van der Waals surface area contributed by atoms with Crippen LogP contribution in [0.25, 0.3) is 0 Å². The predicted molar refractivity (Wildman–Crippen MR) is 88.1 cm³/mol. The van der Waals surface area contributed by atoms with E-state index >= 15 is 0 Å². The van der Waals surface area contributed by atoms with E-state index in [0.29, 0.717) is 0 Å². The minimum absolute atomic E-state index is 0.219. The second-order valence-corrected chi connectivity index (χ2v) is 6.83. The molecular formula is C16H22N4OS. The molecule has 0 saturated carbocycles. The maximum atomic E-state index is 5.39. The van der Waals surface area contributed by atoms with Crippen LogP contribution < -0.4 is 5.32 Å². The monoisotopic (exact) mass is 318 g/mol. The Morgan fingerprint density at radius 3 is 2.95 bits per heavy atom. The van der Waals surface area contributed by atoms with E-state index in [1.807, 2.05) is 11.8 Å². The molecule has 0 radical (unpaired) electrons. The van der Waals surface area contributed by atoms with Crippen molar-refractivity contribution in [2.75, 3.05) is 32.4 Å². The largest absolute Gasteiger partial charge is 0.339 e. The Morgan fingerprint density at radius 1 is 1.36 bits per heavy atom. The van der Waals surface area contributed by atoms with Crippen molar-refractivity contribution in [3.05, 3.63) is 41.5 Å². The summed E-state index contributed by atoms with van der Waals surface area (Å²) in [5.74, 6) is 2.47. The Bertz CT molecular complexity index is 598. The summed E-state index contributed by atoms with van der Waals surface area (Å²) in [4.78, 5) is 8.11. The minimum Gasteiger partial charge on any atom is -0.339 e. The lowest BCUT2D eigenvalue weighted by Crippen LogP contribution is -2.44. The number of aromatic nitrogens is 2. The van der Waals surface area contributed by atoms with Gasteiger partial charge in [-0.2, -0.15) is 4.98 Å². The summed E-state index contributed by atoms with van der Waals surface area (Å²) in [5, 5.41) is 7.53. The summed E-state index contributed by atoms with van der Waals surface area (Å²) < 4.78 is 5.39. The average Bonchev–Trinajstić information content (AvgIpc) is 2.98. The van der Waals surface area contributed by atoms with Gasteiger partial charge in [0.2, 0.25) is 5.89 Å². The fraction of sp³-hybridized carbons (Fsp3) is 0.500. The lowest BCUT2D eigenvalue weighted by atomic mass is 10.2. The van der Waals surface area contributed by atoms with E-state index in [1.54, 1.807) is 0 Å². The molecule has 1 aromatic carbocycles. The van der Waals surface area contributed by atoms with Crippen LogP contribution in [0.4, 0.5) is 0 Å². The van der Waals surface area contributed by atoms with Crippen molar-refractivity contribution in [1.29, 1.82) is 0 Å². The molecule has 6 heteroatoms. The highest BCUT2D eigenvalue weighted by atomic mass is 32.2. The Kier molecular flexibility index (Phi) is 5.12. The van der Waals surface area contributed by atoms with Gasteiger partial charge >= 0.3 is 0 Å². The van der Waals surface area contributed by atoms with E-state index in [0.717, 1.165) is 43.5 Å². The molecule has 1 aromatic heterocycles. The fourth-order valence-electron chi connectivity index (χ4n) is 2.49. The van der Waals surface area contributed by atoms with E-state index in [-0.39, 0.29) is 6.04 Å². The Hall–Kier alpha value is -1.37. The second kappa shape index (κ2) is 7.26. The molecule has 1 N–H and O–H groups in total. The van der Waals surface area contributed by atoms with Gasteiger partial charge in [-0.25, -0.2) is 0 Å². The van der Waals surface area contributed by atoms with Crippen molar-refractivity contribution in [2.24, 2.45) is 0 Å². The van der Waals surface area contributed by atoms with Crippen molar-refractivity contribution < 1.29 is 4.52 Å². The molecule has 2 aromatic rings. The van der Waals surface area contributed by atoms with Crippen LogP contribution in [0.5, 0.6) is 0 Å². The van der Waals surface area contributed by atoms with Crippen molar-refractivity contribution in [3.8, 4) is 0 Å². The quantitative estimate of drug-likeness (QED) is 0.854. The molecule has 3 rings (SSSR count). The average molecular weight is 318 g/mol. The van der Waals surface area contributed by atoms with Crippen molar-refractivity contribution in [1.82, 2.24) is 20.4 Å². The van der Waals surface area contributed by atoms with Gasteiger partial charge in [-0.1, -0.05) is 22.9 Å². The standard InChI is InChI=1S/C16H22N4OS/c1-12-3-5-13(6-4-12)22-10-7-15-18-16(19-21-15)14-11-17-8-9-20(14)2/h3-6,14,17H,7-11H2,1-2H3. The van der Waals surface area contributed by atoms with E-state index in [2.05, 4.69) is 58.6 Å². The first-order chi connectivity index (χ1) is 10.7. The minimum atomic E-state index is 0.219. The number of thioether (sulfide) groups is 1. The second-order valence-electron chi connectivity index (χ2n) is 5.66. The first-order valence-electron chi connectivity index (χ1n) is 7.65. The number of likely N-dealkylation sites (N-methyl/N-ethyl adjacent to an activating group) is 1. The first kappa shape index (κ1) is 15.5. The van der Waals surface area contributed by atoms with Crippen LogP contribution in [0, 0.1) is 6.92 Å². The molecule has 1 atom stereocenters. The summed E-state index contributed by atoms with van der Waals surface area (Å²) >= 11 is 1.82. The van der Waals surface area contributed by atoms with Crippen molar-refractivity contribution in [3.63, 3.8) is 0 Å². The Balaban J connectivity index is 1.52. The summed E-state index contributed by atoms with van der Waals surface area (Å²) in [6.45, 7) is 5.02. The smallest absolute Gasteiger partial charge is 0.227 e. The van der Waals surface area contributed by atoms with Crippen LogP contribution in [0.1, 0.15) is 23.3 Å². The van der Waals surface area contributed by atoms with Gasteiger partial charge in [-0.15, -0.1) is 11.8 Å². The number of rotatable bonds is 5. The molecule has 0 amide bonds. The summed E-state index contributed by atoms with van der Waals surface area (Å²) in [6, 6.07) is 8.80. The zero-order valence-corrected chi connectivity index (χ0v) is 13.9. The molecule has 22 heavy (non-hydrogen) atoms. The summed E-state index contributed by atoms with van der Waals surface area (Å²) in [6.07, 6.45) is 0.801. The summed E-state index contributed by atoms with van der Waals surface area (Å²) in [7, 11) is 2.11. The van der Waals surface area contributed by atoms with Crippen molar-refractivity contribution >= 4 is 11.8 Å². The van der Waals surface area contributed by atoms with E-state index in [1.165, 1.54) is 10.5 Å². The van der Waals surface area contributed by atoms with Gasteiger partial charge in [0.15, 0.2) is 5.82 Å². The number of nitrogens with one attached hydrogen (secondary N) is 1. The molecular weight excluding hydrogens is 296 g/mol. The van der Waals surface area contributed by atoms with Crippen LogP contribution in [-0.2, 0) is 6.42 Å². The molecule has 5 nitrogen and oxygen atoms in total. The number of hydrogen-bond donors (Lipinski definition) is 1. The number of piperazine rings is 1. The van der Waals surface area contributed by atoms with Gasteiger partial charge in [-0.3, -0.25) is 4.90 Å². The van der Waals surface area contributed by atoms with E-state index in [4.69, 9.17) is 4.52 Å². The number of aryl methyl sites for hydroxylation is 2. The molecule has 1 saturated heterocycles. The predicted octanol–water partition coefficient (Wildman–Crippen LogP) is 2.29. The van der Waals surface area contributed by atoms with E-state index in [9.17, 15) is 0 Å². The highest BCUT2D eigenvalue weighted by Gasteiger charge is 2.25. The molecule has 2 heterocycles. The maximum absolute atomic E-state index is 5.39. The Morgan fingerprint density at radius 2 is 2.18 bits per heavy atom. The zero-order valence-electron chi connectivity index (χ0n) is 13.1. The Labute approximate surface area is 135 Å². The van der Waals surface area contributed by atoms with Crippen LogP contribution >= 0.6 is 11.8 Å². The van der Waals surface area contributed by atoms with Crippen LogP contribution in [0.2, 0.25) is 0 Å². The molecule has 1 aliphatic rings. The van der Waals surface area contributed by atoms with Gasteiger partial charge in [-0.05, 0) is 26.1 Å². The van der Waals surface area contributed by atoms with Crippen LogP contribution in [0.3, 0.4) is 0 Å². The maximum Gasteiger partial charge on any atom is 0.227 e. The van der Waals surface area contributed by atoms with Crippen molar-refractivity contribution in [2.45, 2.75) is 24.3 Å². The normalized spacial score (nSPS) is 19.5. The molecule has 1 aliphatic heterocycles. The summed E-state index contributed by atoms with van der Waals surface area (Å²) in [5.41, 5.74) is 1.29. The lowest BCUT2D eigenvalue weighted by molar-refractivity contribution is 0.190. The van der Waals surface area contributed by atoms with Crippen LogP contribution in [0.15, 0.2) is 33.7 Å². The third-order valence-electron chi connectivity index (χ3n) is 3.90. The number of hydrogen-bond acceptors (Lipinski definition) is 6. The number of benzene rings is 1. The van der Waals surface area contributed by atoms with Gasteiger partial charge in [0, 0.05) is 36.7 Å². The molecule has 118 valence electrons. The molecule has 1 unspecified atom stereocenters. The molecule has 0 aliphatic carbocycles.